The van der Waals surface area contributed by atoms with Gasteiger partial charge < -0.3 is 97.4 Å². The molecule has 3 heterocycles. The van der Waals surface area contributed by atoms with Crippen molar-refractivity contribution in [3.05, 3.63) is 85.1 Å². The summed E-state index contributed by atoms with van der Waals surface area (Å²) in [6.07, 6.45) is 4.60. The summed E-state index contributed by atoms with van der Waals surface area (Å²) >= 11 is 0. The number of hydrogen-bond donors (Lipinski definition) is 15. The molecule has 2 bridgehead atoms. The monoisotopic (exact) mass is 1060 g/mol. The highest BCUT2D eigenvalue weighted by Gasteiger charge is 2.51. The maximum Gasteiger partial charge on any atom is 0.320 e. The summed E-state index contributed by atoms with van der Waals surface area (Å²) in [6.45, 7) is 7.24. The van der Waals surface area contributed by atoms with E-state index in [1.165, 1.54) is 13.0 Å². The Bertz CT molecular complexity index is 1880. The van der Waals surface area contributed by atoms with E-state index in [0.717, 1.165) is 0 Å². The van der Waals surface area contributed by atoms with Gasteiger partial charge >= 0.3 is 17.9 Å². The molecule has 74 heavy (non-hydrogen) atoms. The number of carbonyl (C=O) groups is 3. The van der Waals surface area contributed by atoms with E-state index in [9.17, 15) is 70.6 Å². The van der Waals surface area contributed by atoms with Crippen LogP contribution in [0.2, 0.25) is 0 Å². The lowest BCUT2D eigenvalue weighted by Gasteiger charge is -2.45. The molecular weight excluding hydrogens is 971 g/mol. The first-order chi connectivity index (χ1) is 34.8. The summed E-state index contributed by atoms with van der Waals surface area (Å²) in [6, 6.07) is -1.89. The van der Waals surface area contributed by atoms with Gasteiger partial charge in [0.05, 0.1) is 79.6 Å². The Kier molecular flexibility index (Phi) is 30.2. The summed E-state index contributed by atoms with van der Waals surface area (Å²) in [5.41, 5.74) is 16.3. The van der Waals surface area contributed by atoms with Crippen molar-refractivity contribution in [2.24, 2.45) is 35.0 Å². The predicted octanol–water partition coefficient (Wildman–Crippen LogP) is -0.151. The molecule has 0 aliphatic carbocycles. The van der Waals surface area contributed by atoms with Crippen molar-refractivity contribution in [3.8, 4) is 0 Å². The summed E-state index contributed by atoms with van der Waals surface area (Å²) in [5, 5.41) is 126. The number of carboxylic acid groups (broad SMARTS) is 2. The number of rotatable bonds is 7. The average molecular weight is 1060 g/mol. The van der Waals surface area contributed by atoms with Gasteiger partial charge in [-0.3, -0.25) is 14.4 Å². The SMILES string of the molecule is CC1C=CC=CC=CC=CC=CC=CC=CC(OC2OC(C)C(O)C(N)C2O)CC2OC(O)(CC(O)CC(O)C(O)CCC(O)CC(O)CC(=O)OC(C)C(C)C1O)CC(O)C2C(=O)O.NCCCC(N)C(=O)O. The van der Waals surface area contributed by atoms with Gasteiger partial charge in [0.15, 0.2) is 12.1 Å². The van der Waals surface area contributed by atoms with Crippen molar-refractivity contribution in [2.75, 3.05) is 6.54 Å². The zero-order chi connectivity index (χ0) is 55.7. The second-order valence-corrected chi connectivity index (χ2v) is 19.4. The molecule has 422 valence electrons. The van der Waals surface area contributed by atoms with Crippen LogP contribution in [0.25, 0.3) is 0 Å². The molecule has 18 N–H and O–H groups in total. The highest BCUT2D eigenvalue weighted by Crippen LogP contribution is 2.38. The van der Waals surface area contributed by atoms with E-state index in [4.69, 9.17) is 41.3 Å². The van der Waals surface area contributed by atoms with Crippen LogP contribution in [-0.4, -0.2) is 189 Å². The van der Waals surface area contributed by atoms with Gasteiger partial charge in [-0.15, -0.1) is 0 Å². The third kappa shape index (κ3) is 23.9. The van der Waals surface area contributed by atoms with Gasteiger partial charge in [0, 0.05) is 37.5 Å². The highest BCUT2D eigenvalue weighted by molar-refractivity contribution is 5.73. The van der Waals surface area contributed by atoms with Gasteiger partial charge in [0.25, 0.3) is 0 Å². The van der Waals surface area contributed by atoms with Gasteiger partial charge in [-0.05, 0) is 52.5 Å². The Balaban J connectivity index is 0.00000189. The van der Waals surface area contributed by atoms with Crippen LogP contribution >= 0.6 is 0 Å². The average Bonchev–Trinajstić information content (AvgIpc) is 3.31. The standard InChI is InChI=1S/C47H73NO17.C5H12N2O2/c1-27-17-15-13-11-9-7-5-6-8-10-12-14-16-18-34(64-46-44(58)41(48)43(57)30(4)63-46)24-38-40(45(59)60)37(54)26-47(61,65-38)25-33(51)22-36(53)35(52)20-19-31(49)21-32(50)23-39(55)62-29(3)28(2)42(27)56;6-3-1-2-4(7)5(8)9/h5-18,27-38,40-44,46,49-54,56-58,61H,19-26,48H2,1-4H3,(H,59,60);4H,1-3,6-7H2,(H,8,9). The van der Waals surface area contributed by atoms with E-state index >= 15 is 0 Å². The minimum absolute atomic E-state index is 0.107. The number of carbonyl (C=O) groups excluding carboxylic acids is 1. The van der Waals surface area contributed by atoms with Crippen LogP contribution in [0.5, 0.6) is 0 Å². The van der Waals surface area contributed by atoms with Gasteiger partial charge in [-0.2, -0.15) is 0 Å². The number of aliphatic hydroxyl groups excluding tert-OH is 9. The van der Waals surface area contributed by atoms with Crippen molar-refractivity contribution in [1.29, 1.82) is 0 Å². The van der Waals surface area contributed by atoms with E-state index in [0.29, 0.717) is 19.4 Å². The van der Waals surface area contributed by atoms with E-state index in [2.05, 4.69) is 0 Å². The third-order valence-corrected chi connectivity index (χ3v) is 13.1. The first-order valence-electron chi connectivity index (χ1n) is 25.2. The van der Waals surface area contributed by atoms with E-state index in [1.54, 1.807) is 80.7 Å². The van der Waals surface area contributed by atoms with Crippen molar-refractivity contribution >= 4 is 17.9 Å². The first kappa shape index (κ1) is 66.1. The minimum atomic E-state index is -2.33. The molecule has 0 spiro atoms. The zero-order valence-electron chi connectivity index (χ0n) is 42.8. The topological polar surface area (TPSA) is 409 Å². The molecule has 2 saturated heterocycles. The Hall–Kier alpha value is -4.05. The molecular formula is C52H85N3O19. The Morgan fingerprint density at radius 2 is 1.27 bits per heavy atom. The van der Waals surface area contributed by atoms with Crippen LogP contribution in [0.15, 0.2) is 85.1 Å². The van der Waals surface area contributed by atoms with E-state index < -0.39 is 159 Å². The van der Waals surface area contributed by atoms with Crippen LogP contribution in [0.3, 0.4) is 0 Å². The number of allylic oxidation sites excluding steroid dienone is 12. The number of carboxylic acids is 2. The fourth-order valence-corrected chi connectivity index (χ4v) is 8.43. The number of aliphatic carboxylic acids is 2. The molecule has 3 aliphatic rings. The fourth-order valence-electron chi connectivity index (χ4n) is 8.43. The number of aliphatic hydroxyl groups is 10. The molecule has 3 aliphatic heterocycles. The number of esters is 1. The van der Waals surface area contributed by atoms with Crippen LogP contribution in [0.1, 0.15) is 91.9 Å². The summed E-state index contributed by atoms with van der Waals surface area (Å²) in [5.74, 6) is -7.78. The maximum absolute atomic E-state index is 12.6. The lowest BCUT2D eigenvalue weighted by Crippen LogP contribution is -2.61. The van der Waals surface area contributed by atoms with Gasteiger partial charge in [-0.1, -0.05) is 98.9 Å². The number of ether oxygens (including phenoxy) is 4. The smallest absolute Gasteiger partial charge is 0.320 e. The maximum atomic E-state index is 12.6. The lowest BCUT2D eigenvalue weighted by atomic mass is 9.82. The molecule has 22 heteroatoms. The number of nitrogens with two attached hydrogens (primary N) is 3. The fraction of sp³-hybridized carbons (Fsp3) is 0.673. The van der Waals surface area contributed by atoms with Crippen LogP contribution < -0.4 is 17.2 Å². The highest BCUT2D eigenvalue weighted by atomic mass is 16.7. The van der Waals surface area contributed by atoms with Crippen molar-refractivity contribution < 1.29 is 94.6 Å². The number of cyclic esters (lactones) is 1. The first-order valence-corrected chi connectivity index (χ1v) is 25.2. The number of fused-ring (bicyclic) bond motifs is 2. The molecule has 0 amide bonds. The van der Waals surface area contributed by atoms with Crippen molar-refractivity contribution in [2.45, 2.75) is 195 Å². The van der Waals surface area contributed by atoms with Crippen LogP contribution in [0, 0.1) is 17.8 Å². The third-order valence-electron chi connectivity index (χ3n) is 13.1. The largest absolute Gasteiger partial charge is 0.481 e. The summed E-state index contributed by atoms with van der Waals surface area (Å²) in [7, 11) is 0. The van der Waals surface area contributed by atoms with Gasteiger partial charge in [0.2, 0.25) is 0 Å². The second kappa shape index (κ2) is 33.9. The molecule has 20 unspecified atom stereocenters. The zero-order valence-corrected chi connectivity index (χ0v) is 42.8. The molecule has 3 rings (SSSR count). The molecule has 0 aromatic rings. The molecule has 2 fully saturated rings. The molecule has 22 nitrogen and oxygen atoms in total. The Morgan fingerprint density at radius 3 is 1.82 bits per heavy atom. The molecule has 0 radical (unpaired) electrons. The predicted molar refractivity (Wildman–Crippen MR) is 271 cm³/mol. The summed E-state index contributed by atoms with van der Waals surface area (Å²) < 4.78 is 23.1. The van der Waals surface area contributed by atoms with Crippen LogP contribution in [-0.2, 0) is 33.3 Å². The molecule has 0 aromatic heterocycles. The molecule has 20 atom stereocenters. The van der Waals surface area contributed by atoms with Gasteiger partial charge in [-0.25, -0.2) is 0 Å². The quantitative estimate of drug-likeness (QED) is 0.147. The Morgan fingerprint density at radius 1 is 0.703 bits per heavy atom. The van der Waals surface area contributed by atoms with Crippen molar-refractivity contribution in [1.82, 2.24) is 0 Å². The Labute approximate surface area is 433 Å². The van der Waals surface area contributed by atoms with Crippen molar-refractivity contribution in [3.63, 3.8) is 0 Å². The van der Waals surface area contributed by atoms with E-state index in [-0.39, 0.29) is 31.6 Å². The lowest BCUT2D eigenvalue weighted by molar-refractivity contribution is -0.308. The van der Waals surface area contributed by atoms with Gasteiger partial charge in [0.1, 0.15) is 24.2 Å². The minimum Gasteiger partial charge on any atom is -0.481 e. The summed E-state index contributed by atoms with van der Waals surface area (Å²) in [4.78, 5) is 35.1. The second-order valence-electron chi connectivity index (χ2n) is 19.4. The number of hydrogen-bond acceptors (Lipinski definition) is 20. The molecule has 0 saturated carbocycles. The van der Waals surface area contributed by atoms with Crippen LogP contribution in [0.4, 0.5) is 0 Å². The van der Waals surface area contributed by atoms with E-state index in [1.807, 2.05) is 19.1 Å². The molecule has 0 aromatic carbocycles. The normalized spacial score (nSPS) is 38.5.